The highest BCUT2D eigenvalue weighted by molar-refractivity contribution is 5.73. The Morgan fingerprint density at radius 1 is 1.44 bits per heavy atom. The normalized spacial score (nSPS) is 19.3. The average molecular weight is 216 g/mol. The summed E-state index contributed by atoms with van der Waals surface area (Å²) < 4.78 is 5.75. The van der Waals surface area contributed by atoms with Crippen LogP contribution in [0.1, 0.15) is 24.0 Å². The van der Waals surface area contributed by atoms with Crippen LogP contribution in [0.5, 0.6) is 5.75 Å². The maximum absolute atomic E-state index is 5.93. The zero-order valence-electron chi connectivity index (χ0n) is 9.49. The molecule has 16 heavy (non-hydrogen) atoms. The summed E-state index contributed by atoms with van der Waals surface area (Å²) in [5.41, 5.74) is 9.89. The molecule has 0 saturated heterocycles. The molecule has 1 saturated carbocycles. The standard InChI is InChI=1S/C13H16N2O/c1-8-5-13-11(6-12(8)14)9(2)15(7-16-13)10-3-4-10/h5-6,10H,2-4,7,14H2,1H3. The van der Waals surface area contributed by atoms with Gasteiger partial charge < -0.3 is 15.4 Å². The van der Waals surface area contributed by atoms with Crippen molar-refractivity contribution in [1.29, 1.82) is 0 Å². The number of ether oxygens (including phenoxy) is 1. The van der Waals surface area contributed by atoms with E-state index in [1.165, 1.54) is 12.8 Å². The molecule has 1 aromatic carbocycles. The molecule has 3 nitrogen and oxygen atoms in total. The second-order valence-corrected chi connectivity index (χ2v) is 4.63. The maximum Gasteiger partial charge on any atom is 0.161 e. The smallest absolute Gasteiger partial charge is 0.161 e. The van der Waals surface area contributed by atoms with Crippen molar-refractivity contribution in [3.8, 4) is 5.75 Å². The summed E-state index contributed by atoms with van der Waals surface area (Å²) in [5.74, 6) is 0.911. The van der Waals surface area contributed by atoms with Gasteiger partial charge in [0.15, 0.2) is 6.73 Å². The SMILES string of the molecule is C=C1c2cc(N)c(C)cc2OCN1C1CC1. The first-order chi connectivity index (χ1) is 7.66. The third-order valence-corrected chi connectivity index (χ3v) is 3.37. The molecule has 1 aromatic rings. The Kier molecular flexibility index (Phi) is 1.90. The third-order valence-electron chi connectivity index (χ3n) is 3.37. The van der Waals surface area contributed by atoms with Crippen molar-refractivity contribution in [2.75, 3.05) is 12.5 Å². The van der Waals surface area contributed by atoms with E-state index in [-0.39, 0.29) is 0 Å². The predicted octanol–water partition coefficient (Wildman–Crippen LogP) is 2.36. The average Bonchev–Trinajstić information content (AvgIpc) is 3.05. The summed E-state index contributed by atoms with van der Waals surface area (Å²) in [4.78, 5) is 2.23. The van der Waals surface area contributed by atoms with Crippen molar-refractivity contribution >= 4 is 11.4 Å². The van der Waals surface area contributed by atoms with Crippen LogP contribution >= 0.6 is 0 Å². The fraction of sp³-hybridized carbons (Fsp3) is 0.385. The van der Waals surface area contributed by atoms with Gasteiger partial charge in [0.25, 0.3) is 0 Å². The number of benzene rings is 1. The molecule has 3 rings (SSSR count). The molecule has 2 aliphatic rings. The van der Waals surface area contributed by atoms with Crippen LogP contribution < -0.4 is 10.5 Å². The van der Waals surface area contributed by atoms with Crippen LogP contribution in [0.25, 0.3) is 5.70 Å². The minimum absolute atomic E-state index is 0.625. The fourth-order valence-corrected chi connectivity index (χ4v) is 2.13. The van der Waals surface area contributed by atoms with Gasteiger partial charge >= 0.3 is 0 Å². The van der Waals surface area contributed by atoms with E-state index in [4.69, 9.17) is 10.5 Å². The van der Waals surface area contributed by atoms with Crippen molar-refractivity contribution in [1.82, 2.24) is 4.90 Å². The molecule has 0 radical (unpaired) electrons. The predicted molar refractivity (Wildman–Crippen MR) is 65.0 cm³/mol. The van der Waals surface area contributed by atoms with E-state index < -0.39 is 0 Å². The number of nitrogens with zero attached hydrogens (tertiary/aromatic N) is 1. The Bertz CT molecular complexity index is 463. The molecular weight excluding hydrogens is 200 g/mol. The molecule has 0 amide bonds. The van der Waals surface area contributed by atoms with Crippen molar-refractivity contribution < 1.29 is 4.74 Å². The lowest BCUT2D eigenvalue weighted by Gasteiger charge is -2.33. The van der Waals surface area contributed by atoms with E-state index in [1.807, 2.05) is 19.1 Å². The first-order valence-electron chi connectivity index (χ1n) is 5.65. The fourth-order valence-electron chi connectivity index (χ4n) is 2.13. The summed E-state index contributed by atoms with van der Waals surface area (Å²) in [6.07, 6.45) is 2.50. The lowest BCUT2D eigenvalue weighted by Crippen LogP contribution is -2.32. The number of nitrogen functional groups attached to an aromatic ring is 1. The topological polar surface area (TPSA) is 38.5 Å². The Hall–Kier alpha value is -1.64. The first-order valence-corrected chi connectivity index (χ1v) is 5.65. The van der Waals surface area contributed by atoms with Gasteiger partial charge in [-0.1, -0.05) is 6.58 Å². The quantitative estimate of drug-likeness (QED) is 0.732. The molecule has 0 spiro atoms. The molecule has 1 aliphatic heterocycles. The highest BCUT2D eigenvalue weighted by atomic mass is 16.5. The molecule has 0 unspecified atom stereocenters. The molecule has 84 valence electrons. The van der Waals surface area contributed by atoms with Gasteiger partial charge in [0.05, 0.1) is 0 Å². The van der Waals surface area contributed by atoms with Crippen molar-refractivity contribution in [3.63, 3.8) is 0 Å². The number of fused-ring (bicyclic) bond motifs is 1. The maximum atomic E-state index is 5.93. The minimum atomic E-state index is 0.625. The van der Waals surface area contributed by atoms with E-state index in [9.17, 15) is 0 Å². The largest absolute Gasteiger partial charge is 0.472 e. The van der Waals surface area contributed by atoms with Crippen molar-refractivity contribution in [2.24, 2.45) is 0 Å². The lowest BCUT2D eigenvalue weighted by atomic mass is 10.0. The molecule has 0 aromatic heterocycles. The van der Waals surface area contributed by atoms with Gasteiger partial charge in [-0.05, 0) is 37.5 Å². The number of hydrogen-bond acceptors (Lipinski definition) is 3. The summed E-state index contributed by atoms with van der Waals surface area (Å²) in [7, 11) is 0. The Morgan fingerprint density at radius 3 is 2.88 bits per heavy atom. The number of hydrogen-bond donors (Lipinski definition) is 1. The monoisotopic (exact) mass is 216 g/mol. The Balaban J connectivity index is 2.02. The highest BCUT2D eigenvalue weighted by Crippen LogP contribution is 2.40. The summed E-state index contributed by atoms with van der Waals surface area (Å²) in [5, 5.41) is 0. The summed E-state index contributed by atoms with van der Waals surface area (Å²) >= 11 is 0. The van der Waals surface area contributed by atoms with Crippen LogP contribution in [-0.2, 0) is 0 Å². The van der Waals surface area contributed by atoms with E-state index in [1.54, 1.807) is 0 Å². The zero-order chi connectivity index (χ0) is 11.3. The second kappa shape index (κ2) is 3.17. The summed E-state index contributed by atoms with van der Waals surface area (Å²) in [6.45, 7) is 6.78. The third kappa shape index (κ3) is 1.35. The van der Waals surface area contributed by atoms with Crippen LogP contribution in [0.15, 0.2) is 18.7 Å². The van der Waals surface area contributed by atoms with Gasteiger partial charge in [-0.15, -0.1) is 0 Å². The van der Waals surface area contributed by atoms with Crippen LogP contribution in [0.3, 0.4) is 0 Å². The Morgan fingerprint density at radius 2 is 2.19 bits per heavy atom. The number of aryl methyl sites for hydroxylation is 1. The lowest BCUT2D eigenvalue weighted by molar-refractivity contribution is 0.162. The number of anilines is 1. The van der Waals surface area contributed by atoms with Gasteiger partial charge in [-0.2, -0.15) is 0 Å². The number of rotatable bonds is 1. The molecular formula is C13H16N2O. The Labute approximate surface area is 95.5 Å². The van der Waals surface area contributed by atoms with Crippen LogP contribution in [0, 0.1) is 6.92 Å². The highest BCUT2D eigenvalue weighted by Gasteiger charge is 2.33. The van der Waals surface area contributed by atoms with Crippen LogP contribution in [0.2, 0.25) is 0 Å². The summed E-state index contributed by atoms with van der Waals surface area (Å²) in [6, 6.07) is 4.60. The van der Waals surface area contributed by atoms with Gasteiger partial charge in [-0.3, -0.25) is 0 Å². The molecule has 0 atom stereocenters. The van der Waals surface area contributed by atoms with Crippen LogP contribution in [-0.4, -0.2) is 17.7 Å². The number of nitrogens with two attached hydrogens (primary N) is 1. The van der Waals surface area contributed by atoms with E-state index in [0.29, 0.717) is 12.8 Å². The molecule has 1 heterocycles. The molecule has 1 aliphatic carbocycles. The molecule has 2 N–H and O–H groups in total. The van der Waals surface area contributed by atoms with E-state index in [0.717, 1.165) is 28.3 Å². The minimum Gasteiger partial charge on any atom is -0.472 e. The van der Waals surface area contributed by atoms with Gasteiger partial charge in [-0.25, -0.2) is 0 Å². The van der Waals surface area contributed by atoms with Crippen LogP contribution in [0.4, 0.5) is 5.69 Å². The van der Waals surface area contributed by atoms with Crippen molar-refractivity contribution in [2.45, 2.75) is 25.8 Å². The van der Waals surface area contributed by atoms with Gasteiger partial charge in [0.1, 0.15) is 5.75 Å². The van der Waals surface area contributed by atoms with E-state index >= 15 is 0 Å². The first kappa shape index (κ1) is 9.58. The van der Waals surface area contributed by atoms with Crippen molar-refractivity contribution in [3.05, 3.63) is 29.8 Å². The van der Waals surface area contributed by atoms with E-state index in [2.05, 4.69) is 11.5 Å². The molecule has 0 bridgehead atoms. The zero-order valence-corrected chi connectivity index (χ0v) is 9.49. The second-order valence-electron chi connectivity index (χ2n) is 4.63. The molecule has 1 fully saturated rings. The molecule has 3 heteroatoms. The van der Waals surface area contributed by atoms with Gasteiger partial charge in [0.2, 0.25) is 0 Å². The van der Waals surface area contributed by atoms with Gasteiger partial charge in [0, 0.05) is 23.0 Å².